The number of benzene rings is 3. The summed E-state index contributed by atoms with van der Waals surface area (Å²) < 4.78 is 0. The zero-order valence-corrected chi connectivity index (χ0v) is 20.1. The van der Waals surface area contributed by atoms with E-state index in [0.29, 0.717) is 5.56 Å². The molecule has 0 spiro atoms. The Morgan fingerprint density at radius 1 is 0.970 bits per heavy atom. The van der Waals surface area contributed by atoms with Crippen molar-refractivity contribution in [1.29, 1.82) is 0 Å². The van der Waals surface area contributed by atoms with Gasteiger partial charge < -0.3 is 10.2 Å². The largest absolute Gasteiger partial charge is 0.369 e. The summed E-state index contributed by atoms with van der Waals surface area (Å²) in [5.74, 6) is -0.220. The van der Waals surface area contributed by atoms with E-state index in [1.54, 1.807) is 6.07 Å². The Kier molecular flexibility index (Phi) is 7.60. The second kappa shape index (κ2) is 10.8. The van der Waals surface area contributed by atoms with Crippen LogP contribution in [0.5, 0.6) is 0 Å². The van der Waals surface area contributed by atoms with Gasteiger partial charge in [0.25, 0.3) is 5.91 Å². The number of anilines is 2. The maximum Gasteiger partial charge on any atom is 0.257 e. The Morgan fingerprint density at radius 2 is 1.70 bits per heavy atom. The molecule has 5 nitrogen and oxygen atoms in total. The highest BCUT2D eigenvalue weighted by Crippen LogP contribution is 2.22. The summed E-state index contributed by atoms with van der Waals surface area (Å²) in [5, 5.41) is 6.93. The zero-order chi connectivity index (χ0) is 23.2. The van der Waals surface area contributed by atoms with Crippen molar-refractivity contribution >= 4 is 46.2 Å². The van der Waals surface area contributed by atoms with Crippen LogP contribution >= 0.6 is 23.8 Å². The van der Waals surface area contributed by atoms with Crippen LogP contribution in [0.1, 0.15) is 21.5 Å². The fraction of sp³-hybridized carbons (Fsp3) is 0.231. The quantitative estimate of drug-likeness (QED) is 0.500. The summed E-state index contributed by atoms with van der Waals surface area (Å²) in [4.78, 5) is 17.2. The number of thiocarbonyl (C=S) groups is 1. The lowest BCUT2D eigenvalue weighted by atomic mass is 10.1. The molecule has 0 atom stereocenters. The number of nitrogens with zero attached hydrogens (tertiary/aromatic N) is 2. The molecular formula is C26H27ClN4OS. The number of nitrogens with one attached hydrogen (secondary N) is 2. The van der Waals surface area contributed by atoms with Gasteiger partial charge in [-0.05, 0) is 67.2 Å². The van der Waals surface area contributed by atoms with Crippen molar-refractivity contribution in [2.24, 2.45) is 0 Å². The fourth-order valence-electron chi connectivity index (χ4n) is 3.91. The molecule has 170 valence electrons. The molecule has 0 saturated carbocycles. The molecule has 33 heavy (non-hydrogen) atoms. The minimum Gasteiger partial charge on any atom is -0.369 e. The number of carbonyl (C=O) groups is 1. The van der Waals surface area contributed by atoms with Crippen LogP contribution in [0.2, 0.25) is 5.02 Å². The maximum absolute atomic E-state index is 12.4. The second-order valence-corrected chi connectivity index (χ2v) is 8.99. The van der Waals surface area contributed by atoms with Crippen molar-refractivity contribution in [2.75, 3.05) is 36.4 Å². The van der Waals surface area contributed by atoms with E-state index in [4.69, 9.17) is 23.8 Å². The van der Waals surface area contributed by atoms with Gasteiger partial charge in [-0.2, -0.15) is 0 Å². The van der Waals surface area contributed by atoms with Gasteiger partial charge in [-0.3, -0.25) is 15.0 Å². The first-order valence-corrected chi connectivity index (χ1v) is 11.8. The summed E-state index contributed by atoms with van der Waals surface area (Å²) in [7, 11) is 0. The normalized spacial score (nSPS) is 14.1. The third-order valence-corrected chi connectivity index (χ3v) is 6.29. The van der Waals surface area contributed by atoms with Gasteiger partial charge in [0.2, 0.25) is 0 Å². The van der Waals surface area contributed by atoms with Gasteiger partial charge in [-0.25, -0.2) is 0 Å². The summed E-state index contributed by atoms with van der Waals surface area (Å²) in [6.07, 6.45) is 0. The van der Waals surface area contributed by atoms with Gasteiger partial charge in [0, 0.05) is 54.7 Å². The number of hydrogen-bond acceptors (Lipinski definition) is 4. The van der Waals surface area contributed by atoms with Crippen LogP contribution in [0.4, 0.5) is 11.4 Å². The van der Waals surface area contributed by atoms with Crippen molar-refractivity contribution in [2.45, 2.75) is 13.5 Å². The number of aryl methyl sites for hydroxylation is 1. The molecule has 0 unspecified atom stereocenters. The highest BCUT2D eigenvalue weighted by Gasteiger charge is 2.18. The van der Waals surface area contributed by atoms with E-state index in [-0.39, 0.29) is 11.0 Å². The molecule has 1 aliphatic rings. The highest BCUT2D eigenvalue weighted by atomic mass is 35.5. The lowest BCUT2D eigenvalue weighted by Gasteiger charge is -2.36. The van der Waals surface area contributed by atoms with Crippen LogP contribution in [-0.2, 0) is 6.54 Å². The van der Waals surface area contributed by atoms with Crippen molar-refractivity contribution < 1.29 is 4.79 Å². The number of piperazine rings is 1. The predicted octanol–water partition coefficient (Wildman–Crippen LogP) is 5.10. The molecule has 7 heteroatoms. The molecular weight excluding hydrogens is 452 g/mol. The molecule has 3 aromatic rings. The van der Waals surface area contributed by atoms with Gasteiger partial charge in [-0.1, -0.05) is 47.5 Å². The first-order chi connectivity index (χ1) is 16.0. The van der Waals surface area contributed by atoms with Gasteiger partial charge in [-0.15, -0.1) is 0 Å². The van der Waals surface area contributed by atoms with Gasteiger partial charge in [0.15, 0.2) is 5.11 Å². The van der Waals surface area contributed by atoms with E-state index in [0.717, 1.165) is 49.0 Å². The van der Waals surface area contributed by atoms with Crippen molar-refractivity contribution in [3.8, 4) is 0 Å². The molecule has 0 radical (unpaired) electrons. The lowest BCUT2D eigenvalue weighted by Crippen LogP contribution is -2.46. The molecule has 2 N–H and O–H groups in total. The van der Waals surface area contributed by atoms with Crippen LogP contribution in [0.25, 0.3) is 0 Å². The third-order valence-electron chi connectivity index (χ3n) is 5.72. The molecule has 1 aliphatic heterocycles. The Hall–Kier alpha value is -2.93. The highest BCUT2D eigenvalue weighted by molar-refractivity contribution is 7.80. The van der Waals surface area contributed by atoms with E-state index in [1.165, 1.54) is 11.3 Å². The molecule has 0 aromatic heterocycles. The molecule has 0 aliphatic carbocycles. The monoisotopic (exact) mass is 478 g/mol. The number of hydrogen-bond donors (Lipinski definition) is 2. The van der Waals surface area contributed by atoms with Gasteiger partial charge >= 0.3 is 0 Å². The van der Waals surface area contributed by atoms with Gasteiger partial charge in [0.05, 0.1) is 0 Å². The zero-order valence-electron chi connectivity index (χ0n) is 18.6. The SMILES string of the molecule is Cc1cccc(C(=O)NC(=S)Nc2ccc(N3CCN(Cc4ccccc4Cl)CC3)cc2)c1. The number of rotatable bonds is 5. The fourth-order valence-corrected chi connectivity index (χ4v) is 4.32. The average Bonchev–Trinajstić information content (AvgIpc) is 2.81. The summed E-state index contributed by atoms with van der Waals surface area (Å²) >= 11 is 11.6. The topological polar surface area (TPSA) is 47.6 Å². The first kappa shape index (κ1) is 23.2. The maximum atomic E-state index is 12.4. The minimum atomic E-state index is -0.220. The summed E-state index contributed by atoms with van der Waals surface area (Å²) in [6.45, 7) is 6.72. The first-order valence-electron chi connectivity index (χ1n) is 11.0. The van der Waals surface area contributed by atoms with Crippen molar-refractivity contribution in [3.05, 3.63) is 94.5 Å². The van der Waals surface area contributed by atoms with Crippen molar-refractivity contribution in [1.82, 2.24) is 10.2 Å². The van der Waals surface area contributed by atoms with Crippen molar-refractivity contribution in [3.63, 3.8) is 0 Å². The van der Waals surface area contributed by atoms with Crippen LogP contribution in [0, 0.1) is 6.92 Å². The Morgan fingerprint density at radius 3 is 2.39 bits per heavy atom. The smallest absolute Gasteiger partial charge is 0.257 e. The minimum absolute atomic E-state index is 0.220. The van der Waals surface area contributed by atoms with Crippen LogP contribution in [0.15, 0.2) is 72.8 Å². The Bertz CT molecular complexity index is 1130. The number of carbonyl (C=O) groups excluding carboxylic acids is 1. The Balaban J connectivity index is 1.26. The Labute approximate surface area is 205 Å². The van der Waals surface area contributed by atoms with E-state index in [9.17, 15) is 4.79 Å². The molecule has 1 fully saturated rings. The second-order valence-electron chi connectivity index (χ2n) is 8.18. The average molecular weight is 479 g/mol. The molecule has 0 bridgehead atoms. The molecule has 1 amide bonds. The van der Waals surface area contributed by atoms with E-state index in [2.05, 4.69) is 38.6 Å². The number of amides is 1. The van der Waals surface area contributed by atoms with Crippen LogP contribution in [-0.4, -0.2) is 42.1 Å². The van der Waals surface area contributed by atoms with Crippen LogP contribution < -0.4 is 15.5 Å². The van der Waals surface area contributed by atoms with E-state index < -0.39 is 0 Å². The molecule has 3 aromatic carbocycles. The lowest BCUT2D eigenvalue weighted by molar-refractivity contribution is 0.0977. The van der Waals surface area contributed by atoms with E-state index >= 15 is 0 Å². The standard InChI is InChI=1S/C26H27ClN4OS/c1-19-5-4-7-20(17-19)25(32)29-26(33)28-22-9-11-23(12-10-22)31-15-13-30(14-16-31)18-21-6-2-3-8-24(21)27/h2-12,17H,13-16,18H2,1H3,(H2,28,29,32,33). The van der Waals surface area contributed by atoms with E-state index in [1.807, 2.05) is 55.5 Å². The van der Waals surface area contributed by atoms with Crippen LogP contribution in [0.3, 0.4) is 0 Å². The predicted molar refractivity (Wildman–Crippen MR) is 140 cm³/mol. The van der Waals surface area contributed by atoms with Gasteiger partial charge in [0.1, 0.15) is 0 Å². The number of halogens is 1. The summed E-state index contributed by atoms with van der Waals surface area (Å²) in [6, 6.07) is 23.6. The summed E-state index contributed by atoms with van der Waals surface area (Å²) in [5.41, 5.74) is 4.80. The molecule has 1 saturated heterocycles. The molecule has 1 heterocycles. The molecule has 4 rings (SSSR count). The third kappa shape index (κ3) is 6.32.